The number of nitrogens with zero attached hydrogens (tertiary/aromatic N) is 4. The molecule has 1 aliphatic heterocycles. The summed E-state index contributed by atoms with van der Waals surface area (Å²) in [4.78, 5) is 24.4. The van der Waals surface area contributed by atoms with Gasteiger partial charge in [-0.15, -0.1) is 5.10 Å². The van der Waals surface area contributed by atoms with Crippen LogP contribution in [0.15, 0.2) is 6.20 Å². The third kappa shape index (κ3) is 4.44. The molecule has 0 spiro atoms. The summed E-state index contributed by atoms with van der Waals surface area (Å²) in [5, 5.41) is 16.2. The highest BCUT2D eigenvalue weighted by atomic mass is 16.6. The van der Waals surface area contributed by atoms with E-state index in [9.17, 15) is 9.59 Å². The number of rotatable bonds is 3. The summed E-state index contributed by atoms with van der Waals surface area (Å²) in [6.45, 7) is 7.44. The minimum absolute atomic E-state index is 0.0498. The number of hydrogen-bond acceptors (Lipinski definition) is 5. The molecule has 0 radical (unpaired) electrons. The number of likely N-dealkylation sites (tertiary alicyclic amines) is 1. The van der Waals surface area contributed by atoms with E-state index in [1.54, 1.807) is 9.58 Å². The summed E-state index contributed by atoms with van der Waals surface area (Å²) < 4.78 is 6.91. The smallest absolute Gasteiger partial charge is 0.410 e. The molecule has 1 fully saturated rings. The molecule has 1 aromatic heterocycles. The van der Waals surface area contributed by atoms with Crippen molar-refractivity contribution in [1.29, 1.82) is 0 Å². The maximum Gasteiger partial charge on any atom is 0.410 e. The van der Waals surface area contributed by atoms with Gasteiger partial charge in [0.1, 0.15) is 5.60 Å². The SMILES string of the molecule is CC(C)(C)OC(=O)N1CCC(Cn2cc(C(=O)O)nn2)CC1. The Morgan fingerprint density at radius 2 is 2.00 bits per heavy atom. The predicted octanol–water partition coefficient (Wildman–Crippen LogP) is 1.62. The number of carboxylic acids is 1. The van der Waals surface area contributed by atoms with E-state index >= 15 is 0 Å². The van der Waals surface area contributed by atoms with Gasteiger partial charge in [-0.1, -0.05) is 5.21 Å². The molecule has 2 rings (SSSR count). The molecule has 1 aromatic rings. The van der Waals surface area contributed by atoms with E-state index in [1.807, 2.05) is 20.8 Å². The molecule has 0 atom stereocenters. The van der Waals surface area contributed by atoms with Crippen molar-refractivity contribution in [2.45, 2.75) is 45.8 Å². The van der Waals surface area contributed by atoms with Crippen molar-refractivity contribution in [3.8, 4) is 0 Å². The second-order valence-electron chi connectivity index (χ2n) is 6.54. The van der Waals surface area contributed by atoms with Crippen molar-refractivity contribution in [2.75, 3.05) is 13.1 Å². The molecular formula is C14H22N4O4. The van der Waals surface area contributed by atoms with Crippen LogP contribution in [-0.4, -0.2) is 55.8 Å². The monoisotopic (exact) mass is 310 g/mol. The van der Waals surface area contributed by atoms with Crippen molar-refractivity contribution in [2.24, 2.45) is 5.92 Å². The largest absolute Gasteiger partial charge is 0.476 e. The van der Waals surface area contributed by atoms with Gasteiger partial charge in [0.05, 0.1) is 6.20 Å². The van der Waals surface area contributed by atoms with Crippen molar-refractivity contribution >= 4 is 12.1 Å². The Hall–Kier alpha value is -2.12. The molecule has 1 saturated heterocycles. The van der Waals surface area contributed by atoms with E-state index in [1.165, 1.54) is 6.20 Å². The second-order valence-corrected chi connectivity index (χ2v) is 6.54. The number of carbonyl (C=O) groups is 2. The molecule has 0 aromatic carbocycles. The molecular weight excluding hydrogens is 288 g/mol. The molecule has 22 heavy (non-hydrogen) atoms. The summed E-state index contributed by atoms with van der Waals surface area (Å²) in [6, 6.07) is 0. The fourth-order valence-electron chi connectivity index (χ4n) is 2.37. The van der Waals surface area contributed by atoms with E-state index in [4.69, 9.17) is 9.84 Å². The fraction of sp³-hybridized carbons (Fsp3) is 0.714. The minimum atomic E-state index is -1.08. The Bertz CT molecular complexity index is 541. The number of aromatic carboxylic acids is 1. The molecule has 1 N–H and O–H groups in total. The molecule has 0 bridgehead atoms. The minimum Gasteiger partial charge on any atom is -0.476 e. The van der Waals surface area contributed by atoms with E-state index in [0.29, 0.717) is 25.6 Å². The summed E-state index contributed by atoms with van der Waals surface area (Å²) in [6.07, 6.45) is 2.82. The molecule has 1 aliphatic rings. The first-order chi connectivity index (χ1) is 10.2. The number of piperidine rings is 1. The number of aromatic nitrogens is 3. The van der Waals surface area contributed by atoms with Crippen LogP contribution in [0.4, 0.5) is 4.79 Å². The average Bonchev–Trinajstić information content (AvgIpc) is 2.86. The van der Waals surface area contributed by atoms with Crippen LogP contribution < -0.4 is 0 Å². The van der Waals surface area contributed by atoms with Gasteiger partial charge in [0.2, 0.25) is 0 Å². The lowest BCUT2D eigenvalue weighted by atomic mass is 9.97. The quantitative estimate of drug-likeness (QED) is 0.911. The van der Waals surface area contributed by atoms with Crippen LogP contribution in [-0.2, 0) is 11.3 Å². The van der Waals surface area contributed by atoms with Crippen LogP contribution in [0.1, 0.15) is 44.1 Å². The van der Waals surface area contributed by atoms with Gasteiger partial charge in [-0.25, -0.2) is 9.59 Å². The van der Waals surface area contributed by atoms with Crippen molar-refractivity contribution in [3.63, 3.8) is 0 Å². The lowest BCUT2D eigenvalue weighted by Gasteiger charge is -2.33. The molecule has 1 amide bonds. The molecule has 0 aliphatic carbocycles. The summed E-state index contributed by atoms with van der Waals surface area (Å²) in [5.74, 6) is -0.729. The molecule has 8 nitrogen and oxygen atoms in total. The Balaban J connectivity index is 1.81. The number of ether oxygens (including phenoxy) is 1. The van der Waals surface area contributed by atoms with Crippen LogP contribution in [0, 0.1) is 5.92 Å². The summed E-state index contributed by atoms with van der Waals surface area (Å²) in [5.41, 5.74) is -0.534. The van der Waals surface area contributed by atoms with E-state index in [-0.39, 0.29) is 11.8 Å². The zero-order valence-electron chi connectivity index (χ0n) is 13.2. The van der Waals surface area contributed by atoms with Gasteiger partial charge in [-0.05, 0) is 39.5 Å². The molecule has 122 valence electrons. The number of hydrogen-bond donors (Lipinski definition) is 1. The normalized spacial score (nSPS) is 16.6. The van der Waals surface area contributed by atoms with Crippen LogP contribution in [0.5, 0.6) is 0 Å². The fourth-order valence-corrected chi connectivity index (χ4v) is 2.37. The van der Waals surface area contributed by atoms with Crippen LogP contribution >= 0.6 is 0 Å². The topological polar surface area (TPSA) is 97.5 Å². The van der Waals surface area contributed by atoms with Crippen LogP contribution in [0.2, 0.25) is 0 Å². The van der Waals surface area contributed by atoms with Crippen molar-refractivity contribution < 1.29 is 19.4 Å². The maximum atomic E-state index is 12.0. The first kappa shape index (κ1) is 16.3. The second kappa shape index (κ2) is 6.33. The molecule has 0 unspecified atom stereocenters. The third-order valence-electron chi connectivity index (χ3n) is 3.47. The first-order valence-corrected chi connectivity index (χ1v) is 7.36. The van der Waals surface area contributed by atoms with Crippen LogP contribution in [0.25, 0.3) is 0 Å². The lowest BCUT2D eigenvalue weighted by Crippen LogP contribution is -2.42. The average molecular weight is 310 g/mol. The Morgan fingerprint density at radius 3 is 2.50 bits per heavy atom. The Labute approximate surface area is 129 Å². The summed E-state index contributed by atoms with van der Waals surface area (Å²) in [7, 11) is 0. The maximum absolute atomic E-state index is 12.0. The lowest BCUT2D eigenvalue weighted by molar-refractivity contribution is 0.0176. The van der Waals surface area contributed by atoms with Crippen molar-refractivity contribution in [1.82, 2.24) is 19.9 Å². The number of carboxylic acid groups (broad SMARTS) is 1. The van der Waals surface area contributed by atoms with Crippen molar-refractivity contribution in [3.05, 3.63) is 11.9 Å². The summed E-state index contributed by atoms with van der Waals surface area (Å²) >= 11 is 0. The Morgan fingerprint density at radius 1 is 1.36 bits per heavy atom. The third-order valence-corrected chi connectivity index (χ3v) is 3.47. The first-order valence-electron chi connectivity index (χ1n) is 7.36. The van der Waals surface area contributed by atoms with Gasteiger partial charge in [0.15, 0.2) is 5.69 Å². The van der Waals surface area contributed by atoms with Gasteiger partial charge >= 0.3 is 12.1 Å². The molecule has 2 heterocycles. The number of carbonyl (C=O) groups excluding carboxylic acids is 1. The zero-order valence-corrected chi connectivity index (χ0v) is 13.2. The highest BCUT2D eigenvalue weighted by Crippen LogP contribution is 2.21. The highest BCUT2D eigenvalue weighted by molar-refractivity contribution is 5.84. The van der Waals surface area contributed by atoms with Gasteiger partial charge in [-0.3, -0.25) is 4.68 Å². The molecule has 8 heteroatoms. The highest BCUT2D eigenvalue weighted by Gasteiger charge is 2.27. The zero-order chi connectivity index (χ0) is 16.3. The Kier molecular flexibility index (Phi) is 4.68. The standard InChI is InChI=1S/C14H22N4O4/c1-14(2,3)22-13(21)17-6-4-10(5-7-17)8-18-9-11(12(19)20)15-16-18/h9-10H,4-8H2,1-3H3,(H,19,20). The van der Waals surface area contributed by atoms with Gasteiger partial charge < -0.3 is 14.7 Å². The van der Waals surface area contributed by atoms with Gasteiger partial charge in [0.25, 0.3) is 0 Å². The van der Waals surface area contributed by atoms with E-state index in [2.05, 4.69) is 10.3 Å². The van der Waals surface area contributed by atoms with E-state index < -0.39 is 11.6 Å². The predicted molar refractivity (Wildman–Crippen MR) is 77.5 cm³/mol. The van der Waals surface area contributed by atoms with Crippen LogP contribution in [0.3, 0.4) is 0 Å². The number of amides is 1. The van der Waals surface area contributed by atoms with Gasteiger partial charge in [0, 0.05) is 19.6 Å². The molecule has 0 saturated carbocycles. The van der Waals surface area contributed by atoms with E-state index in [0.717, 1.165) is 12.8 Å². The van der Waals surface area contributed by atoms with Gasteiger partial charge in [-0.2, -0.15) is 0 Å².